The molecule has 0 unspecified atom stereocenters. The first-order chi connectivity index (χ1) is 5.61. The molecule has 0 aliphatic heterocycles. The van der Waals surface area contributed by atoms with E-state index >= 15 is 0 Å². The summed E-state index contributed by atoms with van der Waals surface area (Å²) in [5, 5.41) is 2.13. The summed E-state index contributed by atoms with van der Waals surface area (Å²) in [7, 11) is 0. The number of hydrogen-bond acceptors (Lipinski definition) is 1. The molecule has 0 aliphatic carbocycles. The van der Waals surface area contributed by atoms with Crippen LogP contribution < -0.4 is 0 Å². The molecular weight excluding hydrogens is 188 g/mol. The van der Waals surface area contributed by atoms with E-state index in [0.29, 0.717) is 0 Å². The molecule has 0 saturated heterocycles. The predicted molar refractivity (Wildman–Crippen MR) is 60.5 cm³/mol. The Balaban J connectivity index is 4.10. The molecule has 0 aromatic carbocycles. The van der Waals surface area contributed by atoms with Crippen molar-refractivity contribution in [2.45, 2.75) is 40.5 Å². The molecule has 0 aliphatic rings. The van der Waals surface area contributed by atoms with Gasteiger partial charge in [0, 0.05) is 0 Å². The average molecular weight is 205 g/mol. The SMILES string of the molecule is CC/C(C)=C(\Cl)S/C=C(\C)CC. The van der Waals surface area contributed by atoms with Crippen molar-refractivity contribution in [1.29, 1.82) is 0 Å². The van der Waals surface area contributed by atoms with Gasteiger partial charge in [0.1, 0.15) is 0 Å². The average Bonchev–Trinajstić information content (AvgIpc) is 2.11. The van der Waals surface area contributed by atoms with Crippen molar-refractivity contribution >= 4 is 23.4 Å². The van der Waals surface area contributed by atoms with Crippen LogP contribution in [0.5, 0.6) is 0 Å². The highest BCUT2D eigenvalue weighted by Gasteiger charge is 1.95. The number of halogens is 1. The number of thioether (sulfide) groups is 1. The van der Waals surface area contributed by atoms with Gasteiger partial charge < -0.3 is 0 Å². The zero-order valence-electron chi connectivity index (χ0n) is 8.28. The third-order valence-corrected chi connectivity index (χ3v) is 3.45. The van der Waals surface area contributed by atoms with Crippen LogP contribution in [0, 0.1) is 0 Å². The molecule has 0 amide bonds. The van der Waals surface area contributed by atoms with Gasteiger partial charge in [-0.3, -0.25) is 0 Å². The molecule has 2 heteroatoms. The van der Waals surface area contributed by atoms with Gasteiger partial charge in [0.15, 0.2) is 0 Å². The van der Waals surface area contributed by atoms with E-state index in [2.05, 4.69) is 33.1 Å². The highest BCUT2D eigenvalue weighted by Crippen LogP contribution is 2.27. The Morgan fingerprint density at radius 2 is 1.83 bits per heavy atom. The van der Waals surface area contributed by atoms with Gasteiger partial charge in [0.05, 0.1) is 4.36 Å². The Hall–Kier alpha value is 0.120. The molecule has 0 rings (SSSR count). The van der Waals surface area contributed by atoms with Gasteiger partial charge in [-0.2, -0.15) is 0 Å². The lowest BCUT2D eigenvalue weighted by Crippen LogP contribution is -1.74. The second-order valence-corrected chi connectivity index (χ2v) is 4.32. The van der Waals surface area contributed by atoms with Crippen LogP contribution in [0.2, 0.25) is 0 Å². The third kappa shape index (κ3) is 4.89. The molecule has 12 heavy (non-hydrogen) atoms. The van der Waals surface area contributed by atoms with Crippen LogP contribution in [0.3, 0.4) is 0 Å². The van der Waals surface area contributed by atoms with Crippen LogP contribution in [-0.4, -0.2) is 0 Å². The number of rotatable bonds is 4. The molecule has 0 nitrogen and oxygen atoms in total. The molecule has 0 bridgehead atoms. The second-order valence-electron chi connectivity index (χ2n) is 2.84. The van der Waals surface area contributed by atoms with Crippen molar-refractivity contribution in [3.8, 4) is 0 Å². The van der Waals surface area contributed by atoms with Crippen LogP contribution in [0.25, 0.3) is 0 Å². The van der Waals surface area contributed by atoms with Crippen molar-refractivity contribution in [2.75, 3.05) is 0 Å². The van der Waals surface area contributed by atoms with Gasteiger partial charge in [-0.15, -0.1) is 0 Å². The molecule has 0 aromatic heterocycles. The van der Waals surface area contributed by atoms with Crippen LogP contribution in [-0.2, 0) is 0 Å². The van der Waals surface area contributed by atoms with E-state index in [-0.39, 0.29) is 0 Å². The van der Waals surface area contributed by atoms with E-state index in [4.69, 9.17) is 11.6 Å². The molecule has 70 valence electrons. The van der Waals surface area contributed by atoms with Gasteiger partial charge in [-0.1, -0.05) is 42.8 Å². The lowest BCUT2D eigenvalue weighted by atomic mass is 10.3. The van der Waals surface area contributed by atoms with E-state index in [0.717, 1.165) is 17.2 Å². The van der Waals surface area contributed by atoms with Crippen LogP contribution in [0.4, 0.5) is 0 Å². The van der Waals surface area contributed by atoms with Gasteiger partial charge >= 0.3 is 0 Å². The van der Waals surface area contributed by atoms with Gasteiger partial charge in [-0.25, -0.2) is 0 Å². The highest BCUT2D eigenvalue weighted by atomic mass is 35.5. The van der Waals surface area contributed by atoms with Gasteiger partial charge in [-0.05, 0) is 37.7 Å². The molecule has 0 radical (unpaired) electrons. The number of allylic oxidation sites excluding steroid dienone is 2. The molecule has 0 heterocycles. The summed E-state index contributed by atoms with van der Waals surface area (Å²) >= 11 is 7.66. The maximum absolute atomic E-state index is 6.03. The molecule has 0 saturated carbocycles. The first-order valence-electron chi connectivity index (χ1n) is 4.29. The Bertz CT molecular complexity index is 192. The van der Waals surface area contributed by atoms with Crippen LogP contribution in [0.1, 0.15) is 40.5 Å². The minimum Gasteiger partial charge on any atom is -0.0858 e. The summed E-state index contributed by atoms with van der Waals surface area (Å²) in [6, 6.07) is 0. The Morgan fingerprint density at radius 3 is 2.25 bits per heavy atom. The Kier molecular flexibility index (Phi) is 6.68. The van der Waals surface area contributed by atoms with Crippen molar-refractivity contribution in [2.24, 2.45) is 0 Å². The van der Waals surface area contributed by atoms with Crippen molar-refractivity contribution in [3.63, 3.8) is 0 Å². The molecule has 0 aromatic rings. The van der Waals surface area contributed by atoms with Crippen LogP contribution >= 0.6 is 23.4 Å². The lowest BCUT2D eigenvalue weighted by molar-refractivity contribution is 1.10. The van der Waals surface area contributed by atoms with E-state index < -0.39 is 0 Å². The summed E-state index contributed by atoms with van der Waals surface area (Å²) in [5.74, 6) is 0. The van der Waals surface area contributed by atoms with E-state index in [1.807, 2.05) is 0 Å². The molecule has 0 spiro atoms. The fourth-order valence-corrected chi connectivity index (χ4v) is 1.56. The maximum Gasteiger partial charge on any atom is 0.0765 e. The smallest absolute Gasteiger partial charge is 0.0765 e. The first-order valence-corrected chi connectivity index (χ1v) is 5.55. The zero-order valence-corrected chi connectivity index (χ0v) is 9.85. The lowest BCUT2D eigenvalue weighted by Gasteiger charge is -2.00. The predicted octanol–water partition coefficient (Wildman–Crippen LogP) is 4.91. The fourth-order valence-electron chi connectivity index (χ4n) is 0.475. The van der Waals surface area contributed by atoms with E-state index in [1.165, 1.54) is 11.1 Å². The summed E-state index contributed by atoms with van der Waals surface area (Å²) < 4.78 is 0.922. The van der Waals surface area contributed by atoms with Gasteiger partial charge in [0.2, 0.25) is 0 Å². The van der Waals surface area contributed by atoms with E-state index in [9.17, 15) is 0 Å². The molecule has 0 atom stereocenters. The Labute approximate surface area is 85.1 Å². The largest absolute Gasteiger partial charge is 0.0858 e. The van der Waals surface area contributed by atoms with Crippen molar-refractivity contribution in [3.05, 3.63) is 20.9 Å². The van der Waals surface area contributed by atoms with E-state index in [1.54, 1.807) is 11.8 Å². The molecular formula is C10H17ClS. The highest BCUT2D eigenvalue weighted by molar-refractivity contribution is 8.07. The van der Waals surface area contributed by atoms with Crippen molar-refractivity contribution < 1.29 is 0 Å². The van der Waals surface area contributed by atoms with Crippen molar-refractivity contribution in [1.82, 2.24) is 0 Å². The zero-order chi connectivity index (χ0) is 9.56. The third-order valence-electron chi connectivity index (χ3n) is 1.79. The quantitative estimate of drug-likeness (QED) is 0.627. The van der Waals surface area contributed by atoms with Crippen LogP contribution in [0.15, 0.2) is 20.9 Å². The summed E-state index contributed by atoms with van der Waals surface area (Å²) in [4.78, 5) is 0. The normalized spacial score (nSPS) is 14.6. The first kappa shape index (κ1) is 12.1. The maximum atomic E-state index is 6.03. The summed E-state index contributed by atoms with van der Waals surface area (Å²) in [5.41, 5.74) is 2.64. The molecule has 0 fully saturated rings. The van der Waals surface area contributed by atoms with Gasteiger partial charge in [0.25, 0.3) is 0 Å². The summed E-state index contributed by atoms with van der Waals surface area (Å²) in [6.07, 6.45) is 2.13. The topological polar surface area (TPSA) is 0 Å². The minimum absolute atomic E-state index is 0.922. The second kappa shape index (κ2) is 6.62. The summed E-state index contributed by atoms with van der Waals surface area (Å²) in [6.45, 7) is 8.47. The number of hydrogen-bond donors (Lipinski definition) is 0. The fraction of sp³-hybridized carbons (Fsp3) is 0.600. The standard InChI is InChI=1S/C10H17ClS/c1-5-8(3)7-12-10(11)9(4)6-2/h7H,5-6H2,1-4H3/b8-7+,10-9+. The Morgan fingerprint density at radius 1 is 1.25 bits per heavy atom. The minimum atomic E-state index is 0.922. The monoisotopic (exact) mass is 204 g/mol. The molecule has 0 N–H and O–H groups in total.